The molecule has 0 atom stereocenters. The molecule has 0 bridgehead atoms. The van der Waals surface area contributed by atoms with Gasteiger partial charge in [0.05, 0.1) is 10.7 Å². The molecule has 0 saturated heterocycles. The molecule has 0 saturated carbocycles. The lowest BCUT2D eigenvalue weighted by Crippen LogP contribution is -2.13. The normalized spacial score (nSPS) is 10.3. The molecule has 2 aromatic rings. The second-order valence-corrected chi connectivity index (χ2v) is 5.08. The zero-order chi connectivity index (χ0) is 14.0. The van der Waals surface area contributed by atoms with Gasteiger partial charge >= 0.3 is 0 Å². The highest BCUT2D eigenvalue weighted by Gasteiger charge is 2.11. The average molecular weight is 344 g/mol. The molecule has 2 aromatic carbocycles. The third-order valence-corrected chi connectivity index (χ3v) is 3.65. The fourth-order valence-electron chi connectivity index (χ4n) is 1.47. The van der Waals surface area contributed by atoms with Gasteiger partial charge in [-0.05, 0) is 52.3 Å². The van der Waals surface area contributed by atoms with Gasteiger partial charge in [0.1, 0.15) is 5.82 Å². The number of carbonyl (C=O) groups is 1. The summed E-state index contributed by atoms with van der Waals surface area (Å²) in [5.74, 6) is -1.01. The van der Waals surface area contributed by atoms with Crippen LogP contribution in [0.3, 0.4) is 0 Å². The van der Waals surface area contributed by atoms with E-state index in [9.17, 15) is 9.18 Å². The van der Waals surface area contributed by atoms with Gasteiger partial charge in [-0.25, -0.2) is 4.39 Å². The molecule has 3 nitrogen and oxygen atoms in total. The van der Waals surface area contributed by atoms with Crippen LogP contribution in [0.25, 0.3) is 0 Å². The molecule has 0 radical (unpaired) electrons. The van der Waals surface area contributed by atoms with Crippen LogP contribution in [0, 0.1) is 5.82 Å². The molecule has 0 spiro atoms. The Bertz CT molecular complexity index is 649. The molecule has 0 aliphatic rings. The van der Waals surface area contributed by atoms with E-state index in [1.807, 2.05) is 0 Å². The maximum absolute atomic E-state index is 13.5. The third-order valence-electron chi connectivity index (χ3n) is 2.42. The lowest BCUT2D eigenvalue weighted by Gasteiger charge is -2.08. The van der Waals surface area contributed by atoms with Crippen molar-refractivity contribution in [3.63, 3.8) is 0 Å². The summed E-state index contributed by atoms with van der Waals surface area (Å²) in [7, 11) is 0. The van der Waals surface area contributed by atoms with Crippen molar-refractivity contribution in [3.05, 3.63) is 57.3 Å². The van der Waals surface area contributed by atoms with E-state index < -0.39 is 11.7 Å². The van der Waals surface area contributed by atoms with E-state index in [2.05, 4.69) is 21.2 Å². The Morgan fingerprint density at radius 1 is 1.26 bits per heavy atom. The fourth-order valence-corrected chi connectivity index (χ4v) is 1.90. The second kappa shape index (κ2) is 5.59. The van der Waals surface area contributed by atoms with Gasteiger partial charge in [-0.15, -0.1) is 0 Å². The van der Waals surface area contributed by atoms with Crippen molar-refractivity contribution in [2.45, 2.75) is 0 Å². The number of rotatable bonds is 2. The maximum Gasteiger partial charge on any atom is 0.255 e. The van der Waals surface area contributed by atoms with E-state index in [0.717, 1.165) is 0 Å². The first-order chi connectivity index (χ1) is 8.97. The molecule has 0 aliphatic carbocycles. The van der Waals surface area contributed by atoms with Crippen molar-refractivity contribution in [1.29, 1.82) is 0 Å². The zero-order valence-corrected chi connectivity index (χ0v) is 11.9. The summed E-state index contributed by atoms with van der Waals surface area (Å²) >= 11 is 9.12. The number of halogens is 3. The van der Waals surface area contributed by atoms with E-state index >= 15 is 0 Å². The topological polar surface area (TPSA) is 55.1 Å². The molecule has 6 heteroatoms. The molecule has 0 fully saturated rings. The van der Waals surface area contributed by atoms with Crippen molar-refractivity contribution in [2.24, 2.45) is 0 Å². The predicted molar refractivity (Wildman–Crippen MR) is 77.9 cm³/mol. The standard InChI is InChI=1S/C13H9BrClFN2O/c14-9-3-1-7(5-10(9)15)13(19)18-12-6-8(17)2-4-11(12)16/h1-6H,17H2,(H,18,19). The molecule has 98 valence electrons. The summed E-state index contributed by atoms with van der Waals surface area (Å²) in [5.41, 5.74) is 6.27. The minimum absolute atomic E-state index is 0.0315. The molecule has 19 heavy (non-hydrogen) atoms. The number of benzene rings is 2. The summed E-state index contributed by atoms with van der Waals surface area (Å²) in [5, 5.41) is 2.85. The van der Waals surface area contributed by atoms with E-state index in [0.29, 0.717) is 20.7 Å². The fraction of sp³-hybridized carbons (Fsp3) is 0. The van der Waals surface area contributed by atoms with Crippen molar-refractivity contribution in [2.75, 3.05) is 11.1 Å². The molecule has 3 N–H and O–H groups in total. The number of hydrogen-bond acceptors (Lipinski definition) is 2. The van der Waals surface area contributed by atoms with Crippen LogP contribution >= 0.6 is 27.5 Å². The number of nitrogens with two attached hydrogens (primary N) is 1. The summed E-state index contributed by atoms with van der Waals surface area (Å²) in [6, 6.07) is 8.68. The minimum atomic E-state index is -0.550. The van der Waals surface area contributed by atoms with E-state index in [-0.39, 0.29) is 5.69 Å². The van der Waals surface area contributed by atoms with Crippen LogP contribution in [0.15, 0.2) is 40.9 Å². The first-order valence-electron chi connectivity index (χ1n) is 5.29. The second-order valence-electron chi connectivity index (χ2n) is 3.82. The van der Waals surface area contributed by atoms with Gasteiger partial charge in [0.15, 0.2) is 0 Å². The number of nitrogens with one attached hydrogen (secondary N) is 1. The third kappa shape index (κ3) is 3.24. The van der Waals surface area contributed by atoms with E-state index in [4.69, 9.17) is 17.3 Å². The summed E-state index contributed by atoms with van der Waals surface area (Å²) in [6.07, 6.45) is 0. The Hall–Kier alpha value is -1.59. The van der Waals surface area contributed by atoms with Gasteiger partial charge in [-0.3, -0.25) is 4.79 Å². The monoisotopic (exact) mass is 342 g/mol. The Balaban J connectivity index is 2.25. The lowest BCUT2D eigenvalue weighted by atomic mass is 10.2. The predicted octanol–water partition coefficient (Wildman–Crippen LogP) is 4.08. The maximum atomic E-state index is 13.5. The van der Waals surface area contributed by atoms with Gasteiger partial charge in [-0.1, -0.05) is 11.6 Å². The van der Waals surface area contributed by atoms with Gasteiger partial charge in [0.25, 0.3) is 5.91 Å². The van der Waals surface area contributed by atoms with Crippen molar-refractivity contribution >= 4 is 44.8 Å². The Kier molecular flexibility index (Phi) is 4.07. The van der Waals surface area contributed by atoms with Crippen molar-refractivity contribution in [1.82, 2.24) is 0 Å². The number of nitrogen functional groups attached to an aromatic ring is 1. The Labute approximate surface area is 122 Å². The summed E-state index contributed by atoms with van der Waals surface area (Å²) in [6.45, 7) is 0. The molecule has 0 aliphatic heterocycles. The molecule has 0 heterocycles. The minimum Gasteiger partial charge on any atom is -0.399 e. The van der Waals surface area contributed by atoms with Crippen LogP contribution in [0.1, 0.15) is 10.4 Å². The highest BCUT2D eigenvalue weighted by Crippen LogP contribution is 2.24. The van der Waals surface area contributed by atoms with Crippen LogP contribution < -0.4 is 11.1 Å². The first-order valence-corrected chi connectivity index (χ1v) is 6.46. The number of anilines is 2. The van der Waals surface area contributed by atoms with Crippen LogP contribution in [0.4, 0.5) is 15.8 Å². The van der Waals surface area contributed by atoms with Gasteiger partial charge in [-0.2, -0.15) is 0 Å². The van der Waals surface area contributed by atoms with Gasteiger partial charge in [0, 0.05) is 15.7 Å². The largest absolute Gasteiger partial charge is 0.399 e. The smallest absolute Gasteiger partial charge is 0.255 e. The summed E-state index contributed by atoms with van der Waals surface area (Å²) < 4.78 is 14.2. The van der Waals surface area contributed by atoms with Crippen LogP contribution in [0.5, 0.6) is 0 Å². The zero-order valence-electron chi connectivity index (χ0n) is 9.58. The van der Waals surface area contributed by atoms with Crippen LogP contribution in [0.2, 0.25) is 5.02 Å². The van der Waals surface area contributed by atoms with Crippen molar-refractivity contribution in [3.8, 4) is 0 Å². The van der Waals surface area contributed by atoms with Gasteiger partial charge in [0.2, 0.25) is 0 Å². The number of amides is 1. The molecule has 0 aromatic heterocycles. The quantitative estimate of drug-likeness (QED) is 0.807. The molecule has 1 amide bonds. The molecule has 2 rings (SSSR count). The lowest BCUT2D eigenvalue weighted by molar-refractivity contribution is 0.102. The SMILES string of the molecule is Nc1ccc(F)c(NC(=O)c2ccc(Br)c(Cl)c2)c1. The Morgan fingerprint density at radius 2 is 2.00 bits per heavy atom. The van der Waals surface area contributed by atoms with Crippen LogP contribution in [-0.4, -0.2) is 5.91 Å². The first kappa shape index (κ1) is 13.8. The van der Waals surface area contributed by atoms with Crippen molar-refractivity contribution < 1.29 is 9.18 Å². The highest BCUT2D eigenvalue weighted by molar-refractivity contribution is 9.10. The average Bonchev–Trinajstić information content (AvgIpc) is 2.37. The molecular weight excluding hydrogens is 335 g/mol. The number of carbonyl (C=O) groups excluding carboxylic acids is 1. The Morgan fingerprint density at radius 3 is 2.68 bits per heavy atom. The van der Waals surface area contributed by atoms with Crippen LogP contribution in [-0.2, 0) is 0 Å². The van der Waals surface area contributed by atoms with E-state index in [1.54, 1.807) is 12.1 Å². The van der Waals surface area contributed by atoms with E-state index in [1.165, 1.54) is 24.3 Å². The van der Waals surface area contributed by atoms with Gasteiger partial charge < -0.3 is 11.1 Å². The number of hydrogen-bond donors (Lipinski definition) is 2. The summed E-state index contributed by atoms with van der Waals surface area (Å²) in [4.78, 5) is 11.9. The highest BCUT2D eigenvalue weighted by atomic mass is 79.9. The molecule has 0 unspecified atom stereocenters. The molecular formula is C13H9BrClFN2O.